The summed E-state index contributed by atoms with van der Waals surface area (Å²) in [5.41, 5.74) is 0.749. The number of carbonyl (C=O) groups excluding carboxylic acids is 2. The molecule has 2 aliphatic rings. The van der Waals surface area contributed by atoms with E-state index in [4.69, 9.17) is 4.74 Å². The molecule has 136 valence electrons. The molecule has 2 fully saturated rings. The Labute approximate surface area is 149 Å². The number of nitrogens with one attached hydrogen (secondary N) is 1. The molecule has 1 aliphatic carbocycles. The van der Waals surface area contributed by atoms with Crippen LogP contribution < -0.4 is 10.1 Å². The van der Waals surface area contributed by atoms with Gasteiger partial charge in [-0.15, -0.1) is 0 Å². The van der Waals surface area contributed by atoms with Crippen LogP contribution in [-0.4, -0.2) is 30.0 Å². The van der Waals surface area contributed by atoms with E-state index in [9.17, 15) is 9.59 Å². The molecule has 0 radical (unpaired) electrons. The molecule has 0 bridgehead atoms. The highest BCUT2D eigenvalue weighted by Gasteiger charge is 2.19. The third-order valence-electron chi connectivity index (χ3n) is 5.16. The molecule has 1 aromatic rings. The van der Waals surface area contributed by atoms with Gasteiger partial charge >= 0.3 is 6.09 Å². The Morgan fingerprint density at radius 2 is 1.60 bits per heavy atom. The van der Waals surface area contributed by atoms with Crippen molar-refractivity contribution < 1.29 is 14.3 Å². The smallest absolute Gasteiger partial charge is 0.410 e. The predicted molar refractivity (Wildman–Crippen MR) is 97.7 cm³/mol. The van der Waals surface area contributed by atoms with E-state index in [2.05, 4.69) is 5.32 Å². The Hall–Kier alpha value is -2.04. The van der Waals surface area contributed by atoms with Gasteiger partial charge in [-0.1, -0.05) is 19.3 Å². The minimum atomic E-state index is -0.284. The number of ether oxygens (including phenoxy) is 1. The standard InChI is InChI=1S/C20H28N2O3/c23-19(15-16-7-3-1-4-8-16)21-17-9-11-18(12-10-17)25-20(24)22-13-5-2-6-14-22/h9-12,16H,1-8,13-15H2,(H,21,23). The van der Waals surface area contributed by atoms with Gasteiger partial charge < -0.3 is 15.0 Å². The van der Waals surface area contributed by atoms with E-state index >= 15 is 0 Å². The Bertz CT molecular complexity index is 573. The van der Waals surface area contributed by atoms with Crippen molar-refractivity contribution in [1.29, 1.82) is 0 Å². The van der Waals surface area contributed by atoms with Crippen molar-refractivity contribution in [2.24, 2.45) is 5.92 Å². The summed E-state index contributed by atoms with van der Waals surface area (Å²) in [6.45, 7) is 1.54. The molecule has 1 aliphatic heterocycles. The number of rotatable bonds is 4. The van der Waals surface area contributed by atoms with Crippen LogP contribution in [0.5, 0.6) is 5.75 Å². The molecule has 3 rings (SSSR count). The lowest BCUT2D eigenvalue weighted by atomic mass is 9.87. The summed E-state index contributed by atoms with van der Waals surface area (Å²) in [5, 5.41) is 2.94. The third-order valence-corrected chi connectivity index (χ3v) is 5.16. The highest BCUT2D eigenvalue weighted by molar-refractivity contribution is 5.90. The van der Waals surface area contributed by atoms with Gasteiger partial charge in [-0.2, -0.15) is 0 Å². The highest BCUT2D eigenvalue weighted by Crippen LogP contribution is 2.27. The SMILES string of the molecule is O=C(CC1CCCCC1)Nc1ccc(OC(=O)N2CCCCC2)cc1. The number of benzene rings is 1. The van der Waals surface area contributed by atoms with Crippen LogP contribution in [-0.2, 0) is 4.79 Å². The number of hydrogen-bond donors (Lipinski definition) is 1. The zero-order chi connectivity index (χ0) is 17.5. The summed E-state index contributed by atoms with van der Waals surface area (Å²) in [5.74, 6) is 1.12. The topological polar surface area (TPSA) is 58.6 Å². The summed E-state index contributed by atoms with van der Waals surface area (Å²) in [7, 11) is 0. The molecule has 25 heavy (non-hydrogen) atoms. The molecule has 0 atom stereocenters. The first kappa shape index (κ1) is 17.8. The molecule has 5 nitrogen and oxygen atoms in total. The van der Waals surface area contributed by atoms with Crippen molar-refractivity contribution >= 4 is 17.7 Å². The molecule has 0 aromatic heterocycles. The molecule has 0 spiro atoms. The Balaban J connectivity index is 1.46. The zero-order valence-electron chi connectivity index (χ0n) is 14.8. The van der Waals surface area contributed by atoms with Gasteiger partial charge in [0, 0.05) is 25.2 Å². The molecule has 1 N–H and O–H groups in total. The number of likely N-dealkylation sites (tertiary alicyclic amines) is 1. The molecule has 0 unspecified atom stereocenters. The first-order valence-electron chi connectivity index (χ1n) is 9.57. The zero-order valence-corrected chi connectivity index (χ0v) is 14.8. The fraction of sp³-hybridized carbons (Fsp3) is 0.600. The molecule has 2 amide bonds. The lowest BCUT2D eigenvalue weighted by Crippen LogP contribution is -2.37. The number of piperidine rings is 1. The molecular formula is C20H28N2O3. The predicted octanol–water partition coefficient (Wildman–Crippen LogP) is 4.58. The largest absolute Gasteiger partial charge is 0.415 e. The van der Waals surface area contributed by atoms with E-state index in [0.717, 1.165) is 31.6 Å². The van der Waals surface area contributed by atoms with Gasteiger partial charge in [0.2, 0.25) is 5.91 Å². The summed E-state index contributed by atoms with van der Waals surface area (Å²) >= 11 is 0. The van der Waals surface area contributed by atoms with E-state index < -0.39 is 0 Å². The fourth-order valence-corrected chi connectivity index (χ4v) is 3.71. The van der Waals surface area contributed by atoms with Crippen molar-refractivity contribution in [2.75, 3.05) is 18.4 Å². The van der Waals surface area contributed by atoms with Crippen LogP contribution in [0.25, 0.3) is 0 Å². The maximum Gasteiger partial charge on any atom is 0.415 e. The van der Waals surface area contributed by atoms with Gasteiger partial charge in [-0.3, -0.25) is 4.79 Å². The Morgan fingerprint density at radius 1 is 0.960 bits per heavy atom. The summed E-state index contributed by atoms with van der Waals surface area (Å²) in [6, 6.07) is 7.05. The third kappa shape index (κ3) is 5.48. The molecule has 1 saturated carbocycles. The number of carbonyl (C=O) groups is 2. The monoisotopic (exact) mass is 344 g/mol. The second-order valence-corrected chi connectivity index (χ2v) is 7.20. The van der Waals surface area contributed by atoms with Crippen LogP contribution in [0.2, 0.25) is 0 Å². The molecule has 1 heterocycles. The van der Waals surface area contributed by atoms with Crippen molar-refractivity contribution in [1.82, 2.24) is 4.90 Å². The Morgan fingerprint density at radius 3 is 2.28 bits per heavy atom. The van der Waals surface area contributed by atoms with Gasteiger partial charge in [0.15, 0.2) is 0 Å². The maximum atomic E-state index is 12.1. The minimum absolute atomic E-state index is 0.0740. The number of nitrogens with zero attached hydrogens (tertiary/aromatic N) is 1. The highest BCUT2D eigenvalue weighted by atomic mass is 16.6. The van der Waals surface area contributed by atoms with Gasteiger partial charge in [0.1, 0.15) is 5.75 Å². The van der Waals surface area contributed by atoms with E-state index in [1.165, 1.54) is 38.5 Å². The van der Waals surface area contributed by atoms with Gasteiger partial charge in [-0.05, 0) is 62.3 Å². The summed E-state index contributed by atoms with van der Waals surface area (Å²) < 4.78 is 5.41. The van der Waals surface area contributed by atoms with E-state index in [1.54, 1.807) is 29.2 Å². The second kappa shape index (κ2) is 8.88. The first-order chi connectivity index (χ1) is 12.2. The van der Waals surface area contributed by atoms with Gasteiger partial charge in [0.25, 0.3) is 0 Å². The summed E-state index contributed by atoms with van der Waals surface area (Å²) in [6.07, 6.45) is 9.71. The maximum absolute atomic E-state index is 12.1. The van der Waals surface area contributed by atoms with Crippen molar-refractivity contribution in [3.05, 3.63) is 24.3 Å². The normalized spacial score (nSPS) is 18.6. The van der Waals surface area contributed by atoms with Crippen molar-refractivity contribution in [3.8, 4) is 5.75 Å². The van der Waals surface area contributed by atoms with Crippen LogP contribution in [0.3, 0.4) is 0 Å². The number of amides is 2. The lowest BCUT2D eigenvalue weighted by molar-refractivity contribution is -0.117. The van der Waals surface area contributed by atoms with Crippen LogP contribution in [0.15, 0.2) is 24.3 Å². The quantitative estimate of drug-likeness (QED) is 0.870. The average molecular weight is 344 g/mol. The molecular weight excluding hydrogens is 316 g/mol. The number of hydrogen-bond acceptors (Lipinski definition) is 3. The van der Waals surface area contributed by atoms with E-state index in [-0.39, 0.29) is 12.0 Å². The fourth-order valence-electron chi connectivity index (χ4n) is 3.71. The van der Waals surface area contributed by atoms with E-state index in [1.807, 2.05) is 0 Å². The van der Waals surface area contributed by atoms with Gasteiger partial charge in [-0.25, -0.2) is 4.79 Å². The molecule has 1 saturated heterocycles. The van der Waals surface area contributed by atoms with Crippen molar-refractivity contribution in [2.45, 2.75) is 57.8 Å². The lowest BCUT2D eigenvalue weighted by Gasteiger charge is -2.25. The van der Waals surface area contributed by atoms with E-state index in [0.29, 0.717) is 18.1 Å². The minimum Gasteiger partial charge on any atom is -0.410 e. The van der Waals surface area contributed by atoms with Crippen LogP contribution in [0, 0.1) is 5.92 Å². The second-order valence-electron chi connectivity index (χ2n) is 7.20. The number of anilines is 1. The van der Waals surface area contributed by atoms with Crippen LogP contribution in [0.1, 0.15) is 57.8 Å². The summed E-state index contributed by atoms with van der Waals surface area (Å²) in [4.78, 5) is 26.0. The Kier molecular flexibility index (Phi) is 6.31. The molecule has 5 heteroatoms. The van der Waals surface area contributed by atoms with Crippen LogP contribution >= 0.6 is 0 Å². The first-order valence-corrected chi connectivity index (χ1v) is 9.57. The van der Waals surface area contributed by atoms with Crippen LogP contribution in [0.4, 0.5) is 10.5 Å². The van der Waals surface area contributed by atoms with Crippen molar-refractivity contribution in [3.63, 3.8) is 0 Å². The average Bonchev–Trinajstić information content (AvgIpc) is 2.65. The molecule has 1 aromatic carbocycles. The van der Waals surface area contributed by atoms with Gasteiger partial charge in [0.05, 0.1) is 0 Å².